The van der Waals surface area contributed by atoms with Crippen LogP contribution in [0.5, 0.6) is 0 Å². The van der Waals surface area contributed by atoms with Gasteiger partial charge in [-0.3, -0.25) is 9.88 Å². The predicted molar refractivity (Wildman–Crippen MR) is 87.6 cm³/mol. The Labute approximate surface area is 135 Å². The first-order valence-electron chi connectivity index (χ1n) is 7.83. The van der Waals surface area contributed by atoms with Crippen molar-refractivity contribution in [2.75, 3.05) is 6.61 Å². The number of pyridine rings is 1. The van der Waals surface area contributed by atoms with Gasteiger partial charge in [0.1, 0.15) is 0 Å². The van der Waals surface area contributed by atoms with Gasteiger partial charge in [0.25, 0.3) is 0 Å². The zero-order valence-corrected chi connectivity index (χ0v) is 13.2. The second-order valence-electron chi connectivity index (χ2n) is 5.57. The van der Waals surface area contributed by atoms with Gasteiger partial charge in [-0.2, -0.15) is 5.10 Å². The van der Waals surface area contributed by atoms with Crippen LogP contribution in [0.15, 0.2) is 49.2 Å². The number of aromatic nitrogens is 4. The third-order valence-electron chi connectivity index (χ3n) is 4.03. The van der Waals surface area contributed by atoms with Crippen LogP contribution in [-0.2, 0) is 13.1 Å². The average Bonchev–Trinajstić information content (AvgIpc) is 3.00. The molecule has 3 aromatic heterocycles. The van der Waals surface area contributed by atoms with Gasteiger partial charge in [0, 0.05) is 49.5 Å². The van der Waals surface area contributed by atoms with Gasteiger partial charge in [-0.05, 0) is 24.1 Å². The van der Waals surface area contributed by atoms with Crippen molar-refractivity contribution in [3.63, 3.8) is 0 Å². The SMILES string of the molecule is CC[C@@H](CO)N(Cc1cccnc1)Cc1cnn2cccnc12. The van der Waals surface area contributed by atoms with E-state index < -0.39 is 0 Å². The number of fused-ring (bicyclic) bond motifs is 1. The molecule has 0 saturated carbocycles. The van der Waals surface area contributed by atoms with Crippen molar-refractivity contribution >= 4 is 5.65 Å². The summed E-state index contributed by atoms with van der Waals surface area (Å²) in [5.41, 5.74) is 3.04. The Hall–Kier alpha value is -2.31. The molecule has 3 rings (SSSR count). The molecule has 0 radical (unpaired) electrons. The van der Waals surface area contributed by atoms with Crippen molar-refractivity contribution in [2.45, 2.75) is 32.5 Å². The van der Waals surface area contributed by atoms with Crippen LogP contribution in [0.25, 0.3) is 5.65 Å². The number of nitrogens with zero attached hydrogens (tertiary/aromatic N) is 5. The topological polar surface area (TPSA) is 66.5 Å². The maximum atomic E-state index is 9.72. The monoisotopic (exact) mass is 311 g/mol. The molecule has 0 aliphatic heterocycles. The summed E-state index contributed by atoms with van der Waals surface area (Å²) in [7, 11) is 0. The Bertz CT molecular complexity index is 739. The number of aliphatic hydroxyl groups is 1. The first-order valence-corrected chi connectivity index (χ1v) is 7.83. The molecule has 0 aliphatic carbocycles. The molecule has 6 nitrogen and oxygen atoms in total. The summed E-state index contributed by atoms with van der Waals surface area (Å²) in [6, 6.07) is 5.94. The van der Waals surface area contributed by atoms with E-state index >= 15 is 0 Å². The Morgan fingerprint density at radius 1 is 1.22 bits per heavy atom. The van der Waals surface area contributed by atoms with Gasteiger partial charge in [-0.25, -0.2) is 9.50 Å². The van der Waals surface area contributed by atoms with Crippen LogP contribution < -0.4 is 0 Å². The summed E-state index contributed by atoms with van der Waals surface area (Å²) in [6.45, 7) is 3.64. The first-order chi connectivity index (χ1) is 11.3. The lowest BCUT2D eigenvalue weighted by molar-refractivity contribution is 0.107. The molecule has 120 valence electrons. The first kappa shape index (κ1) is 15.6. The van der Waals surface area contributed by atoms with E-state index in [9.17, 15) is 5.11 Å². The fourth-order valence-corrected chi connectivity index (χ4v) is 2.75. The van der Waals surface area contributed by atoms with E-state index in [2.05, 4.69) is 33.0 Å². The molecule has 3 heterocycles. The van der Waals surface area contributed by atoms with Crippen molar-refractivity contribution < 1.29 is 5.11 Å². The molecule has 3 aromatic rings. The van der Waals surface area contributed by atoms with Crippen molar-refractivity contribution in [1.29, 1.82) is 0 Å². The zero-order valence-electron chi connectivity index (χ0n) is 13.2. The molecule has 0 unspecified atom stereocenters. The molecule has 0 aromatic carbocycles. The quantitative estimate of drug-likeness (QED) is 0.722. The van der Waals surface area contributed by atoms with Gasteiger partial charge in [-0.1, -0.05) is 13.0 Å². The zero-order chi connectivity index (χ0) is 16.1. The molecule has 1 N–H and O–H groups in total. The van der Waals surface area contributed by atoms with Gasteiger partial charge in [0.15, 0.2) is 5.65 Å². The second kappa shape index (κ2) is 7.30. The molecular formula is C17H21N5O. The molecule has 1 atom stereocenters. The Morgan fingerprint density at radius 3 is 2.87 bits per heavy atom. The van der Waals surface area contributed by atoms with Gasteiger partial charge in [0.2, 0.25) is 0 Å². The van der Waals surface area contributed by atoms with E-state index in [1.54, 1.807) is 16.9 Å². The van der Waals surface area contributed by atoms with Crippen molar-refractivity contribution in [3.8, 4) is 0 Å². The highest BCUT2D eigenvalue weighted by Crippen LogP contribution is 2.17. The van der Waals surface area contributed by atoms with Crippen LogP contribution in [0.4, 0.5) is 0 Å². The minimum absolute atomic E-state index is 0.0915. The van der Waals surface area contributed by atoms with Gasteiger partial charge >= 0.3 is 0 Å². The van der Waals surface area contributed by atoms with Gasteiger partial charge in [0.05, 0.1) is 12.8 Å². The maximum Gasteiger partial charge on any atom is 0.159 e. The largest absolute Gasteiger partial charge is 0.395 e. The molecule has 23 heavy (non-hydrogen) atoms. The van der Waals surface area contributed by atoms with E-state index in [4.69, 9.17) is 0 Å². The highest BCUT2D eigenvalue weighted by Gasteiger charge is 2.19. The Balaban J connectivity index is 1.86. The van der Waals surface area contributed by atoms with Crippen molar-refractivity contribution in [1.82, 2.24) is 24.5 Å². The van der Waals surface area contributed by atoms with Crippen LogP contribution in [0.1, 0.15) is 24.5 Å². The van der Waals surface area contributed by atoms with Crippen molar-refractivity contribution in [2.24, 2.45) is 0 Å². The summed E-state index contributed by atoms with van der Waals surface area (Å²) in [6.07, 6.45) is 10.0. The minimum atomic E-state index is 0.0915. The van der Waals surface area contributed by atoms with Crippen LogP contribution in [0, 0.1) is 0 Å². The third-order valence-corrected chi connectivity index (χ3v) is 4.03. The maximum absolute atomic E-state index is 9.72. The summed E-state index contributed by atoms with van der Waals surface area (Å²) >= 11 is 0. The van der Waals surface area contributed by atoms with E-state index in [1.807, 2.05) is 30.7 Å². The fraction of sp³-hybridized carbons (Fsp3) is 0.353. The number of aliphatic hydroxyl groups excluding tert-OH is 1. The Morgan fingerprint density at radius 2 is 2.13 bits per heavy atom. The summed E-state index contributed by atoms with van der Waals surface area (Å²) in [5.74, 6) is 0. The normalized spacial score (nSPS) is 12.8. The van der Waals surface area contributed by atoms with E-state index in [-0.39, 0.29) is 12.6 Å². The Kier molecular flexibility index (Phi) is 4.95. The predicted octanol–water partition coefficient (Wildman–Crippen LogP) is 1.90. The highest BCUT2D eigenvalue weighted by atomic mass is 16.3. The second-order valence-corrected chi connectivity index (χ2v) is 5.57. The van der Waals surface area contributed by atoms with Crippen LogP contribution in [0.2, 0.25) is 0 Å². The van der Waals surface area contributed by atoms with Gasteiger partial charge < -0.3 is 5.11 Å². The fourth-order valence-electron chi connectivity index (χ4n) is 2.75. The minimum Gasteiger partial charge on any atom is -0.395 e. The number of hydrogen-bond acceptors (Lipinski definition) is 5. The molecule has 0 fully saturated rings. The molecular weight excluding hydrogens is 290 g/mol. The summed E-state index contributed by atoms with van der Waals surface area (Å²) < 4.78 is 1.78. The van der Waals surface area contributed by atoms with Crippen LogP contribution in [0.3, 0.4) is 0 Å². The van der Waals surface area contributed by atoms with E-state index in [0.29, 0.717) is 6.54 Å². The lowest BCUT2D eigenvalue weighted by atomic mass is 10.1. The lowest BCUT2D eigenvalue weighted by Crippen LogP contribution is -2.36. The average molecular weight is 311 g/mol. The van der Waals surface area contributed by atoms with E-state index in [0.717, 1.165) is 29.7 Å². The smallest absolute Gasteiger partial charge is 0.159 e. The molecule has 0 amide bonds. The molecule has 0 bridgehead atoms. The lowest BCUT2D eigenvalue weighted by Gasteiger charge is -2.29. The van der Waals surface area contributed by atoms with Crippen molar-refractivity contribution in [3.05, 3.63) is 60.3 Å². The van der Waals surface area contributed by atoms with Crippen LogP contribution in [-0.4, -0.2) is 42.2 Å². The molecule has 0 saturated heterocycles. The summed E-state index contributed by atoms with van der Waals surface area (Å²) in [4.78, 5) is 10.8. The molecule has 0 aliphatic rings. The van der Waals surface area contributed by atoms with Gasteiger partial charge in [-0.15, -0.1) is 0 Å². The number of hydrogen-bond donors (Lipinski definition) is 1. The van der Waals surface area contributed by atoms with E-state index in [1.165, 1.54) is 0 Å². The third kappa shape index (κ3) is 3.55. The van der Waals surface area contributed by atoms with Crippen LogP contribution >= 0.6 is 0 Å². The summed E-state index contributed by atoms with van der Waals surface area (Å²) in [5, 5.41) is 14.1. The highest BCUT2D eigenvalue weighted by molar-refractivity contribution is 5.45. The number of rotatable bonds is 7. The standard InChI is InChI=1S/C17H21N5O/c1-2-16(13-23)21(11-14-5-3-6-18-9-14)12-15-10-20-22-8-4-7-19-17(15)22/h3-10,16,23H,2,11-13H2,1H3/t16-/m0/s1. The molecule has 0 spiro atoms. The molecule has 6 heteroatoms.